The number of aromatic nitrogens is 2. The molecular formula is C27H32BrN7O3. The van der Waals surface area contributed by atoms with E-state index in [0.29, 0.717) is 39.8 Å². The fraction of sp³-hybridized carbons (Fsp3) is 0.333. The molecule has 0 saturated carbocycles. The number of benzene rings is 2. The van der Waals surface area contributed by atoms with Crippen LogP contribution in [0.15, 0.2) is 47.1 Å². The molecule has 0 saturated heterocycles. The first-order chi connectivity index (χ1) is 18.3. The van der Waals surface area contributed by atoms with Crippen molar-refractivity contribution in [1.82, 2.24) is 25.1 Å². The summed E-state index contributed by atoms with van der Waals surface area (Å²) in [7, 11) is 6.79. The SMILES string of the molecule is CNC(=O)c1ccccc1Nc1nc(Nc2cc3c(cc2OC)CCN(CC(=O)N(C)C)CC3)ncc1Br. The van der Waals surface area contributed by atoms with Crippen LogP contribution in [0.1, 0.15) is 21.5 Å². The first kappa shape index (κ1) is 27.3. The summed E-state index contributed by atoms with van der Waals surface area (Å²) in [6.07, 6.45) is 3.30. The van der Waals surface area contributed by atoms with Crippen molar-refractivity contribution in [2.75, 3.05) is 58.5 Å². The number of likely N-dealkylation sites (N-methyl/N-ethyl adjacent to an activating group) is 1. The molecule has 10 nitrogen and oxygen atoms in total. The van der Waals surface area contributed by atoms with Gasteiger partial charge >= 0.3 is 0 Å². The summed E-state index contributed by atoms with van der Waals surface area (Å²) in [5, 5.41) is 9.18. The quantitative estimate of drug-likeness (QED) is 0.370. The maximum absolute atomic E-state index is 12.3. The Labute approximate surface area is 230 Å². The van der Waals surface area contributed by atoms with Gasteiger partial charge in [0.05, 0.1) is 35.1 Å². The van der Waals surface area contributed by atoms with Crippen LogP contribution in [0.3, 0.4) is 0 Å². The van der Waals surface area contributed by atoms with E-state index in [-0.39, 0.29) is 11.8 Å². The molecule has 0 radical (unpaired) electrons. The van der Waals surface area contributed by atoms with Crippen LogP contribution in [-0.2, 0) is 17.6 Å². The lowest BCUT2D eigenvalue weighted by atomic mass is 10.0. The number of carbonyl (C=O) groups is 2. The average molecular weight is 583 g/mol. The molecule has 200 valence electrons. The molecule has 11 heteroatoms. The van der Waals surface area contributed by atoms with Gasteiger partial charge in [-0.3, -0.25) is 14.5 Å². The molecule has 0 aliphatic carbocycles. The van der Waals surface area contributed by atoms with Crippen LogP contribution >= 0.6 is 15.9 Å². The summed E-state index contributed by atoms with van der Waals surface area (Å²) in [6.45, 7) is 2.02. The molecule has 38 heavy (non-hydrogen) atoms. The number of methoxy groups -OCH3 is 1. The summed E-state index contributed by atoms with van der Waals surface area (Å²) in [6, 6.07) is 11.3. The Morgan fingerprint density at radius 3 is 2.47 bits per heavy atom. The maximum atomic E-state index is 12.3. The predicted octanol–water partition coefficient (Wildman–Crippen LogP) is 3.58. The van der Waals surface area contributed by atoms with Crippen molar-refractivity contribution in [1.29, 1.82) is 0 Å². The first-order valence-corrected chi connectivity index (χ1v) is 13.1. The van der Waals surface area contributed by atoms with Crippen LogP contribution < -0.4 is 20.7 Å². The second-order valence-electron chi connectivity index (χ2n) is 9.15. The third-order valence-electron chi connectivity index (χ3n) is 6.42. The molecule has 2 aromatic carbocycles. The number of ether oxygens (including phenoxy) is 1. The lowest BCUT2D eigenvalue weighted by Crippen LogP contribution is -2.37. The second kappa shape index (κ2) is 12.2. The van der Waals surface area contributed by atoms with Crippen LogP contribution in [0, 0.1) is 0 Å². The van der Waals surface area contributed by atoms with Gasteiger partial charge in [-0.1, -0.05) is 12.1 Å². The summed E-state index contributed by atoms with van der Waals surface area (Å²) >= 11 is 3.50. The lowest BCUT2D eigenvalue weighted by molar-refractivity contribution is -0.129. The van der Waals surface area contributed by atoms with Crippen molar-refractivity contribution >= 4 is 50.9 Å². The minimum absolute atomic E-state index is 0.102. The topological polar surface area (TPSA) is 112 Å². The zero-order valence-corrected chi connectivity index (χ0v) is 23.6. The molecule has 1 aromatic heterocycles. The summed E-state index contributed by atoms with van der Waals surface area (Å²) in [4.78, 5) is 37.4. The van der Waals surface area contributed by atoms with Crippen LogP contribution in [-0.4, -0.2) is 79.5 Å². The largest absolute Gasteiger partial charge is 0.495 e. The Bertz CT molecular complexity index is 1330. The number of rotatable bonds is 8. The van der Waals surface area contributed by atoms with Crippen LogP contribution in [0.2, 0.25) is 0 Å². The van der Waals surface area contributed by atoms with Gasteiger partial charge in [-0.2, -0.15) is 4.98 Å². The van der Waals surface area contributed by atoms with Gasteiger partial charge in [0.1, 0.15) is 11.6 Å². The molecule has 0 bridgehead atoms. The molecule has 2 heterocycles. The average Bonchev–Trinajstić information content (AvgIpc) is 3.11. The van der Waals surface area contributed by atoms with Gasteiger partial charge in [0.2, 0.25) is 11.9 Å². The number of fused-ring (bicyclic) bond motifs is 1. The molecule has 2 amide bonds. The van der Waals surface area contributed by atoms with Gasteiger partial charge < -0.3 is 25.6 Å². The number of carbonyl (C=O) groups excluding carboxylic acids is 2. The van der Waals surface area contributed by atoms with Gasteiger partial charge in [0.25, 0.3) is 5.91 Å². The zero-order valence-electron chi connectivity index (χ0n) is 22.0. The summed E-state index contributed by atoms with van der Waals surface area (Å²) in [5.74, 6) is 1.47. The van der Waals surface area contributed by atoms with Crippen molar-refractivity contribution < 1.29 is 14.3 Å². The van der Waals surface area contributed by atoms with Gasteiger partial charge in [0.15, 0.2) is 0 Å². The minimum atomic E-state index is -0.198. The number of hydrogen-bond acceptors (Lipinski definition) is 8. The Morgan fingerprint density at radius 1 is 1.08 bits per heavy atom. The molecule has 1 aliphatic rings. The highest BCUT2D eigenvalue weighted by Crippen LogP contribution is 2.33. The van der Waals surface area contributed by atoms with E-state index in [4.69, 9.17) is 4.74 Å². The van der Waals surface area contributed by atoms with E-state index in [0.717, 1.165) is 31.6 Å². The molecule has 4 rings (SSSR count). The van der Waals surface area contributed by atoms with Crippen molar-refractivity contribution in [2.24, 2.45) is 0 Å². The minimum Gasteiger partial charge on any atom is -0.495 e. The van der Waals surface area contributed by atoms with Crippen LogP contribution in [0.4, 0.5) is 23.1 Å². The Morgan fingerprint density at radius 2 is 1.79 bits per heavy atom. The number of anilines is 4. The third kappa shape index (κ3) is 6.40. The molecule has 1 aliphatic heterocycles. The molecule has 0 atom stereocenters. The highest BCUT2D eigenvalue weighted by atomic mass is 79.9. The summed E-state index contributed by atoms with van der Waals surface area (Å²) < 4.78 is 6.34. The molecular weight excluding hydrogens is 550 g/mol. The molecule has 0 fully saturated rings. The van der Waals surface area contributed by atoms with E-state index in [1.54, 1.807) is 45.4 Å². The van der Waals surface area contributed by atoms with E-state index in [1.807, 2.05) is 24.3 Å². The van der Waals surface area contributed by atoms with Crippen LogP contribution in [0.5, 0.6) is 5.75 Å². The Kier molecular flexibility index (Phi) is 8.80. The monoisotopic (exact) mass is 581 g/mol. The molecule has 0 spiro atoms. The Balaban J connectivity index is 1.56. The molecule has 3 aromatic rings. The number of para-hydroxylation sites is 1. The Hall–Kier alpha value is -3.70. The van der Waals surface area contributed by atoms with E-state index >= 15 is 0 Å². The maximum Gasteiger partial charge on any atom is 0.253 e. The first-order valence-electron chi connectivity index (χ1n) is 12.3. The van der Waals surface area contributed by atoms with E-state index < -0.39 is 0 Å². The van der Waals surface area contributed by atoms with Crippen molar-refractivity contribution in [3.8, 4) is 5.75 Å². The number of halogens is 1. The predicted molar refractivity (Wildman–Crippen MR) is 152 cm³/mol. The zero-order chi connectivity index (χ0) is 27.2. The molecule has 3 N–H and O–H groups in total. The summed E-state index contributed by atoms with van der Waals surface area (Å²) in [5.41, 5.74) is 4.28. The normalized spacial score (nSPS) is 13.2. The fourth-order valence-corrected chi connectivity index (χ4v) is 4.54. The van der Waals surface area contributed by atoms with Gasteiger partial charge in [0, 0.05) is 40.4 Å². The number of amides is 2. The highest BCUT2D eigenvalue weighted by molar-refractivity contribution is 9.10. The van der Waals surface area contributed by atoms with Gasteiger partial charge in [-0.25, -0.2) is 4.98 Å². The van der Waals surface area contributed by atoms with Gasteiger partial charge in [-0.15, -0.1) is 0 Å². The van der Waals surface area contributed by atoms with Crippen molar-refractivity contribution in [3.05, 3.63) is 63.8 Å². The standard InChI is InChI=1S/C27H32BrN7O3/c1-29-26(37)19-7-5-6-8-21(19)31-25-20(28)15-30-27(33-25)32-22-13-17-9-11-35(16-24(36)34(2)3)12-10-18(17)14-23(22)38-4/h5-8,13-15H,9-12,16H2,1-4H3,(H,29,37)(H2,30,31,32,33). The van der Waals surface area contributed by atoms with Crippen LogP contribution in [0.25, 0.3) is 0 Å². The number of nitrogens with one attached hydrogen (secondary N) is 3. The third-order valence-corrected chi connectivity index (χ3v) is 7.00. The van der Waals surface area contributed by atoms with Crippen molar-refractivity contribution in [3.63, 3.8) is 0 Å². The lowest BCUT2D eigenvalue weighted by Gasteiger charge is -2.21. The number of nitrogens with zero attached hydrogens (tertiary/aromatic N) is 4. The van der Waals surface area contributed by atoms with E-state index in [9.17, 15) is 9.59 Å². The second-order valence-corrected chi connectivity index (χ2v) is 10.0. The fourth-order valence-electron chi connectivity index (χ4n) is 4.25. The highest BCUT2D eigenvalue weighted by Gasteiger charge is 2.20. The molecule has 0 unspecified atom stereocenters. The van der Waals surface area contributed by atoms with Crippen molar-refractivity contribution in [2.45, 2.75) is 12.8 Å². The van der Waals surface area contributed by atoms with Gasteiger partial charge in [-0.05, 0) is 64.2 Å². The smallest absolute Gasteiger partial charge is 0.253 e. The van der Waals surface area contributed by atoms with E-state index in [2.05, 4.69) is 52.8 Å². The van der Waals surface area contributed by atoms with E-state index in [1.165, 1.54) is 11.1 Å². The number of hydrogen-bond donors (Lipinski definition) is 3.